The van der Waals surface area contributed by atoms with Crippen molar-refractivity contribution in [2.75, 3.05) is 0 Å². The number of hydrogen-bond acceptors (Lipinski definition) is 0. The zero-order valence-corrected chi connectivity index (χ0v) is 11.7. The van der Waals surface area contributed by atoms with E-state index in [1.165, 1.54) is 0 Å². The second-order valence-electron chi connectivity index (χ2n) is 3.56. The number of hydrogen-bond donors (Lipinski definition) is 0. The second-order valence-corrected chi connectivity index (χ2v) is 5.74. The summed E-state index contributed by atoms with van der Waals surface area (Å²) in [6, 6.07) is 14.4. The lowest BCUT2D eigenvalue weighted by Crippen LogP contribution is -2.12. The van der Waals surface area contributed by atoms with E-state index >= 15 is 0 Å². The van der Waals surface area contributed by atoms with E-state index in [1.807, 2.05) is 30.3 Å². The van der Waals surface area contributed by atoms with Gasteiger partial charge in [-0.15, -0.1) is 0 Å². The largest absolute Gasteiger partial charge is 0.169 e. The molecule has 88 valence electrons. The first-order valence-electron chi connectivity index (χ1n) is 4.90. The first kappa shape index (κ1) is 13.0. The minimum Gasteiger partial charge on any atom is -0.0909 e. The van der Waals surface area contributed by atoms with E-state index in [9.17, 15) is 0 Å². The van der Waals surface area contributed by atoms with Gasteiger partial charge in [0.05, 0.1) is 0 Å². The summed E-state index contributed by atoms with van der Waals surface area (Å²) in [4.78, 5) is 0. The molecular formula is C13H8Cl4. The van der Waals surface area contributed by atoms with Crippen molar-refractivity contribution in [2.45, 2.75) is 4.33 Å². The molecule has 0 bridgehead atoms. The van der Waals surface area contributed by atoms with Crippen LogP contribution in [0.4, 0.5) is 0 Å². The summed E-state index contributed by atoms with van der Waals surface area (Å²) < 4.78 is -1.21. The molecule has 0 aliphatic rings. The summed E-state index contributed by atoms with van der Waals surface area (Å²) in [6.45, 7) is 0. The van der Waals surface area contributed by atoms with Crippen LogP contribution in [0.2, 0.25) is 10.0 Å². The van der Waals surface area contributed by atoms with Crippen LogP contribution >= 0.6 is 46.4 Å². The molecule has 4 heteroatoms. The molecule has 0 N–H and O–H groups in total. The molecular weight excluding hydrogens is 298 g/mol. The number of benzene rings is 2. The molecule has 0 radical (unpaired) electrons. The van der Waals surface area contributed by atoms with Crippen molar-refractivity contribution < 1.29 is 0 Å². The first-order chi connectivity index (χ1) is 8.01. The predicted octanol–water partition coefficient (Wildman–Crippen LogP) is 5.67. The molecule has 0 aromatic heterocycles. The molecule has 2 aromatic rings. The van der Waals surface area contributed by atoms with Crippen LogP contribution in [-0.2, 0) is 4.33 Å². The first-order valence-corrected chi connectivity index (χ1v) is 6.42. The summed E-state index contributed by atoms with van der Waals surface area (Å²) in [6.07, 6.45) is 0. The van der Waals surface area contributed by atoms with Gasteiger partial charge in [0.1, 0.15) is 0 Å². The highest BCUT2D eigenvalue weighted by Crippen LogP contribution is 2.44. The summed E-state index contributed by atoms with van der Waals surface area (Å²) in [5.41, 5.74) is 1.34. The predicted molar refractivity (Wildman–Crippen MR) is 75.4 cm³/mol. The number of halogens is 4. The van der Waals surface area contributed by atoms with Crippen molar-refractivity contribution in [1.82, 2.24) is 0 Å². The molecule has 17 heavy (non-hydrogen) atoms. The molecule has 0 atom stereocenters. The molecule has 0 nitrogen and oxygen atoms in total. The lowest BCUT2D eigenvalue weighted by Gasteiger charge is -2.22. The molecule has 0 saturated carbocycles. The SMILES string of the molecule is Clc1ccc(Cl)c(C(Cl)(Cl)c2ccccc2)c1. The van der Waals surface area contributed by atoms with Gasteiger partial charge in [0.25, 0.3) is 0 Å². The molecule has 0 unspecified atom stereocenters. The Labute approximate surface area is 120 Å². The van der Waals surface area contributed by atoms with Crippen molar-refractivity contribution in [3.63, 3.8) is 0 Å². The maximum atomic E-state index is 6.39. The zero-order chi connectivity index (χ0) is 12.5. The Hall–Kier alpha value is -0.400. The Morgan fingerprint density at radius 1 is 0.824 bits per heavy atom. The van der Waals surface area contributed by atoms with E-state index in [0.29, 0.717) is 15.6 Å². The van der Waals surface area contributed by atoms with Crippen molar-refractivity contribution in [1.29, 1.82) is 0 Å². The van der Waals surface area contributed by atoms with E-state index in [1.54, 1.807) is 18.2 Å². The number of alkyl halides is 2. The fourth-order valence-corrected chi connectivity index (χ4v) is 2.63. The van der Waals surface area contributed by atoms with Crippen LogP contribution in [0.3, 0.4) is 0 Å². The third kappa shape index (κ3) is 2.71. The maximum absolute atomic E-state index is 6.39. The van der Waals surface area contributed by atoms with Gasteiger partial charge < -0.3 is 0 Å². The highest BCUT2D eigenvalue weighted by Gasteiger charge is 2.31. The van der Waals surface area contributed by atoms with E-state index in [0.717, 1.165) is 5.56 Å². The van der Waals surface area contributed by atoms with Gasteiger partial charge in [-0.2, -0.15) is 0 Å². The Kier molecular flexibility index (Phi) is 3.89. The average molecular weight is 306 g/mol. The van der Waals surface area contributed by atoms with Crippen LogP contribution in [0.1, 0.15) is 11.1 Å². The van der Waals surface area contributed by atoms with E-state index in [4.69, 9.17) is 46.4 Å². The Balaban J connectivity index is 2.55. The summed E-state index contributed by atoms with van der Waals surface area (Å²) in [5.74, 6) is 0. The van der Waals surface area contributed by atoms with Gasteiger partial charge in [0, 0.05) is 15.6 Å². The quantitative estimate of drug-likeness (QED) is 0.627. The van der Waals surface area contributed by atoms with Crippen LogP contribution in [0.25, 0.3) is 0 Å². The van der Waals surface area contributed by atoms with Crippen LogP contribution in [0.15, 0.2) is 48.5 Å². The van der Waals surface area contributed by atoms with Gasteiger partial charge in [-0.1, -0.05) is 76.7 Å². The maximum Gasteiger partial charge on any atom is 0.169 e. The number of rotatable bonds is 2. The monoisotopic (exact) mass is 304 g/mol. The molecule has 2 aromatic carbocycles. The lowest BCUT2D eigenvalue weighted by atomic mass is 10.0. The van der Waals surface area contributed by atoms with E-state index in [2.05, 4.69) is 0 Å². The second kappa shape index (κ2) is 5.07. The molecule has 2 rings (SSSR count). The minimum absolute atomic E-state index is 0.489. The Bertz CT molecular complexity index is 520. The van der Waals surface area contributed by atoms with E-state index < -0.39 is 4.33 Å². The van der Waals surface area contributed by atoms with Crippen molar-refractivity contribution in [2.24, 2.45) is 0 Å². The normalized spacial score (nSPS) is 11.5. The van der Waals surface area contributed by atoms with Gasteiger partial charge in [0.2, 0.25) is 0 Å². The summed E-state index contributed by atoms with van der Waals surface area (Å²) in [5, 5.41) is 1.04. The fraction of sp³-hybridized carbons (Fsp3) is 0.0769. The summed E-state index contributed by atoms with van der Waals surface area (Å²) >= 11 is 24.8. The highest BCUT2D eigenvalue weighted by atomic mass is 35.5. The zero-order valence-electron chi connectivity index (χ0n) is 8.63. The fourth-order valence-electron chi connectivity index (χ4n) is 1.54. The molecule has 0 saturated heterocycles. The molecule has 0 spiro atoms. The molecule has 0 aliphatic carbocycles. The minimum atomic E-state index is -1.21. The van der Waals surface area contributed by atoms with Gasteiger partial charge >= 0.3 is 0 Å². The highest BCUT2D eigenvalue weighted by molar-refractivity contribution is 6.51. The van der Waals surface area contributed by atoms with Gasteiger partial charge in [-0.25, -0.2) is 0 Å². The van der Waals surface area contributed by atoms with Crippen LogP contribution in [0.5, 0.6) is 0 Å². The van der Waals surface area contributed by atoms with Gasteiger partial charge in [-0.05, 0) is 23.8 Å². The molecule has 0 heterocycles. The Morgan fingerprint density at radius 3 is 2.12 bits per heavy atom. The Morgan fingerprint density at radius 2 is 1.47 bits per heavy atom. The van der Waals surface area contributed by atoms with Gasteiger partial charge in [0.15, 0.2) is 4.33 Å². The average Bonchev–Trinajstić information content (AvgIpc) is 2.33. The van der Waals surface area contributed by atoms with Crippen molar-refractivity contribution in [3.05, 3.63) is 69.7 Å². The third-order valence-electron chi connectivity index (χ3n) is 2.40. The smallest absolute Gasteiger partial charge is 0.0909 e. The standard InChI is InChI=1S/C13H8Cl4/c14-10-6-7-12(15)11(8-10)13(16,17)9-4-2-1-3-5-9/h1-8H. The summed E-state index contributed by atoms with van der Waals surface area (Å²) in [7, 11) is 0. The molecule has 0 aliphatic heterocycles. The van der Waals surface area contributed by atoms with Crippen molar-refractivity contribution in [3.8, 4) is 0 Å². The van der Waals surface area contributed by atoms with Crippen LogP contribution in [0, 0.1) is 0 Å². The topological polar surface area (TPSA) is 0 Å². The van der Waals surface area contributed by atoms with Crippen LogP contribution < -0.4 is 0 Å². The van der Waals surface area contributed by atoms with Crippen molar-refractivity contribution >= 4 is 46.4 Å². The lowest BCUT2D eigenvalue weighted by molar-refractivity contribution is 1.04. The molecule has 0 fully saturated rings. The molecule has 0 amide bonds. The third-order valence-corrected chi connectivity index (χ3v) is 3.81. The van der Waals surface area contributed by atoms with E-state index in [-0.39, 0.29) is 0 Å². The van der Waals surface area contributed by atoms with Gasteiger partial charge in [-0.3, -0.25) is 0 Å². The van der Waals surface area contributed by atoms with Crippen LogP contribution in [-0.4, -0.2) is 0 Å².